The summed E-state index contributed by atoms with van der Waals surface area (Å²) >= 11 is 6.05. The predicted molar refractivity (Wildman–Crippen MR) is 122 cm³/mol. The Morgan fingerprint density at radius 1 is 1.00 bits per heavy atom. The number of nitrogens with zero attached hydrogens (tertiary/aromatic N) is 2. The van der Waals surface area contributed by atoms with Crippen LogP contribution in [0.25, 0.3) is 0 Å². The lowest BCUT2D eigenvalue weighted by molar-refractivity contribution is -0.132. The van der Waals surface area contributed by atoms with Crippen molar-refractivity contribution in [2.24, 2.45) is 0 Å². The SMILES string of the molecule is O=C(CCc1cccc(Cl)c1)N1CCC[C@@H](c2ccc(Cc3ccccc3)cn2)C1. The Hall–Kier alpha value is -2.65. The van der Waals surface area contributed by atoms with Crippen LogP contribution in [0.1, 0.15) is 47.6 Å². The molecule has 1 aliphatic rings. The van der Waals surface area contributed by atoms with Gasteiger partial charge in [0.1, 0.15) is 0 Å². The highest BCUT2D eigenvalue weighted by molar-refractivity contribution is 6.30. The Balaban J connectivity index is 1.33. The van der Waals surface area contributed by atoms with Crippen molar-refractivity contribution in [1.82, 2.24) is 9.88 Å². The molecule has 0 aliphatic carbocycles. The molecular weight excluding hydrogens is 392 g/mol. The maximum Gasteiger partial charge on any atom is 0.222 e. The molecule has 1 fully saturated rings. The number of carbonyl (C=O) groups excluding carboxylic acids is 1. The highest BCUT2D eigenvalue weighted by Crippen LogP contribution is 2.26. The number of aromatic nitrogens is 1. The molecule has 3 aromatic rings. The number of halogens is 1. The first-order chi connectivity index (χ1) is 14.7. The van der Waals surface area contributed by atoms with Crippen LogP contribution in [-0.2, 0) is 17.6 Å². The number of rotatable bonds is 6. The summed E-state index contributed by atoms with van der Waals surface area (Å²) in [5.41, 5.74) is 4.72. The second-order valence-electron chi connectivity index (χ2n) is 8.06. The second kappa shape index (κ2) is 9.90. The topological polar surface area (TPSA) is 33.2 Å². The van der Waals surface area contributed by atoms with Crippen molar-refractivity contribution in [2.75, 3.05) is 13.1 Å². The first kappa shape index (κ1) is 20.6. The molecule has 0 radical (unpaired) electrons. The summed E-state index contributed by atoms with van der Waals surface area (Å²) in [6.45, 7) is 1.61. The molecule has 2 heterocycles. The van der Waals surface area contributed by atoms with Crippen LogP contribution in [-0.4, -0.2) is 28.9 Å². The van der Waals surface area contributed by atoms with Crippen molar-refractivity contribution in [3.05, 3.63) is 100 Å². The molecule has 1 saturated heterocycles. The molecular formula is C26H27ClN2O. The van der Waals surface area contributed by atoms with Gasteiger partial charge in [-0.25, -0.2) is 0 Å². The van der Waals surface area contributed by atoms with Crippen LogP contribution in [0.3, 0.4) is 0 Å². The van der Waals surface area contributed by atoms with E-state index in [2.05, 4.69) is 36.4 Å². The Morgan fingerprint density at radius 2 is 1.83 bits per heavy atom. The van der Waals surface area contributed by atoms with Crippen LogP contribution >= 0.6 is 11.6 Å². The van der Waals surface area contributed by atoms with Gasteiger partial charge in [0.05, 0.1) is 0 Å². The lowest BCUT2D eigenvalue weighted by Gasteiger charge is -2.32. The van der Waals surface area contributed by atoms with Crippen molar-refractivity contribution in [3.63, 3.8) is 0 Å². The van der Waals surface area contributed by atoms with Gasteiger partial charge in [0.2, 0.25) is 5.91 Å². The number of hydrogen-bond acceptors (Lipinski definition) is 2. The molecule has 1 aliphatic heterocycles. The summed E-state index contributed by atoms with van der Waals surface area (Å²) in [5.74, 6) is 0.542. The van der Waals surface area contributed by atoms with Crippen LogP contribution in [0, 0.1) is 0 Å². The molecule has 1 atom stereocenters. The van der Waals surface area contributed by atoms with Gasteiger partial charge in [-0.1, -0.05) is 60.1 Å². The summed E-state index contributed by atoms with van der Waals surface area (Å²) < 4.78 is 0. The number of piperidine rings is 1. The average Bonchev–Trinajstić information content (AvgIpc) is 2.79. The zero-order valence-corrected chi connectivity index (χ0v) is 17.9. The monoisotopic (exact) mass is 418 g/mol. The van der Waals surface area contributed by atoms with Crippen LogP contribution in [0.2, 0.25) is 5.02 Å². The molecule has 1 aromatic heterocycles. The summed E-state index contributed by atoms with van der Waals surface area (Å²) in [4.78, 5) is 19.5. The molecule has 2 aromatic carbocycles. The molecule has 0 spiro atoms. The van der Waals surface area contributed by atoms with Crippen molar-refractivity contribution in [2.45, 2.75) is 38.0 Å². The third-order valence-corrected chi connectivity index (χ3v) is 6.04. The van der Waals surface area contributed by atoms with E-state index in [-0.39, 0.29) is 5.91 Å². The standard InChI is InChI=1S/C26H27ClN2O/c27-24-10-4-8-21(17-24)12-14-26(30)29-15-5-9-23(19-29)25-13-11-22(18-28-25)16-20-6-2-1-3-7-20/h1-4,6-8,10-11,13,17-18,23H,5,9,12,14-16,19H2/t23-/m1/s1. The Labute approximate surface area is 183 Å². The van der Waals surface area contributed by atoms with Crippen LogP contribution < -0.4 is 0 Å². The van der Waals surface area contributed by atoms with Gasteiger partial charge in [-0.15, -0.1) is 0 Å². The lowest BCUT2D eigenvalue weighted by atomic mass is 9.93. The molecule has 1 amide bonds. The molecule has 154 valence electrons. The zero-order valence-electron chi connectivity index (χ0n) is 17.1. The van der Waals surface area contributed by atoms with E-state index >= 15 is 0 Å². The highest BCUT2D eigenvalue weighted by atomic mass is 35.5. The quantitative estimate of drug-likeness (QED) is 0.517. The van der Waals surface area contributed by atoms with Gasteiger partial charge in [-0.2, -0.15) is 0 Å². The number of aryl methyl sites for hydroxylation is 1. The number of pyridine rings is 1. The largest absolute Gasteiger partial charge is 0.342 e. The van der Waals surface area contributed by atoms with E-state index < -0.39 is 0 Å². The number of carbonyl (C=O) groups is 1. The first-order valence-electron chi connectivity index (χ1n) is 10.7. The van der Waals surface area contributed by atoms with Crippen LogP contribution in [0.4, 0.5) is 0 Å². The fraction of sp³-hybridized carbons (Fsp3) is 0.308. The van der Waals surface area contributed by atoms with Gasteiger partial charge in [0.15, 0.2) is 0 Å². The smallest absolute Gasteiger partial charge is 0.222 e. The van der Waals surface area contributed by atoms with Gasteiger partial charge in [-0.05, 0) is 60.6 Å². The summed E-state index contributed by atoms with van der Waals surface area (Å²) in [7, 11) is 0. The minimum absolute atomic E-state index is 0.223. The number of amides is 1. The van der Waals surface area contributed by atoms with E-state index in [1.165, 1.54) is 11.1 Å². The van der Waals surface area contributed by atoms with Crippen molar-refractivity contribution >= 4 is 17.5 Å². The number of likely N-dealkylation sites (tertiary alicyclic amines) is 1. The van der Waals surface area contributed by atoms with E-state index in [1.54, 1.807) is 0 Å². The Morgan fingerprint density at radius 3 is 2.60 bits per heavy atom. The van der Waals surface area contributed by atoms with E-state index in [0.29, 0.717) is 12.3 Å². The summed E-state index contributed by atoms with van der Waals surface area (Å²) in [6, 6.07) is 22.5. The minimum atomic E-state index is 0.223. The van der Waals surface area contributed by atoms with Gasteiger partial charge >= 0.3 is 0 Å². The molecule has 4 rings (SSSR count). The fourth-order valence-corrected chi connectivity index (χ4v) is 4.37. The molecule has 4 heteroatoms. The average molecular weight is 419 g/mol. The van der Waals surface area contributed by atoms with E-state index in [9.17, 15) is 4.79 Å². The van der Waals surface area contributed by atoms with Gasteiger partial charge in [0, 0.05) is 42.3 Å². The molecule has 0 bridgehead atoms. The minimum Gasteiger partial charge on any atom is -0.342 e. The maximum atomic E-state index is 12.8. The molecule has 30 heavy (non-hydrogen) atoms. The molecule has 0 unspecified atom stereocenters. The van der Waals surface area contributed by atoms with E-state index in [1.807, 2.05) is 41.4 Å². The van der Waals surface area contributed by atoms with E-state index in [0.717, 1.165) is 55.1 Å². The zero-order chi connectivity index (χ0) is 20.8. The molecule has 0 N–H and O–H groups in total. The lowest BCUT2D eigenvalue weighted by Crippen LogP contribution is -2.39. The van der Waals surface area contributed by atoms with Crippen LogP contribution in [0.5, 0.6) is 0 Å². The van der Waals surface area contributed by atoms with Crippen molar-refractivity contribution < 1.29 is 4.79 Å². The van der Waals surface area contributed by atoms with Crippen molar-refractivity contribution in [1.29, 1.82) is 0 Å². The summed E-state index contributed by atoms with van der Waals surface area (Å²) in [6.07, 6.45) is 6.25. The number of benzene rings is 2. The third-order valence-electron chi connectivity index (χ3n) is 5.81. The van der Waals surface area contributed by atoms with Crippen molar-refractivity contribution in [3.8, 4) is 0 Å². The Bertz CT molecular complexity index is 972. The van der Waals surface area contributed by atoms with Gasteiger partial charge in [-0.3, -0.25) is 9.78 Å². The summed E-state index contributed by atoms with van der Waals surface area (Å²) in [5, 5.41) is 0.722. The Kier molecular flexibility index (Phi) is 6.81. The van der Waals surface area contributed by atoms with Crippen LogP contribution in [0.15, 0.2) is 72.9 Å². The predicted octanol–water partition coefficient (Wildman–Crippen LogP) is 5.66. The van der Waals surface area contributed by atoms with E-state index in [4.69, 9.17) is 16.6 Å². The third kappa shape index (κ3) is 5.48. The second-order valence-corrected chi connectivity index (χ2v) is 8.50. The highest BCUT2D eigenvalue weighted by Gasteiger charge is 2.25. The molecule has 3 nitrogen and oxygen atoms in total. The number of hydrogen-bond donors (Lipinski definition) is 0. The molecule has 0 saturated carbocycles. The first-order valence-corrected chi connectivity index (χ1v) is 11.1. The normalized spacial score (nSPS) is 16.4. The fourth-order valence-electron chi connectivity index (χ4n) is 4.16. The maximum absolute atomic E-state index is 12.8. The van der Waals surface area contributed by atoms with Gasteiger partial charge < -0.3 is 4.90 Å². The van der Waals surface area contributed by atoms with Gasteiger partial charge in [0.25, 0.3) is 0 Å².